The van der Waals surface area contributed by atoms with Gasteiger partial charge in [0, 0.05) is 5.56 Å². The molecular weight excluding hydrogens is 178 g/mol. The summed E-state index contributed by atoms with van der Waals surface area (Å²) in [6, 6.07) is 9.11. The van der Waals surface area contributed by atoms with Gasteiger partial charge in [-0.1, -0.05) is 37.3 Å². The van der Waals surface area contributed by atoms with Gasteiger partial charge in [0.2, 0.25) is 0 Å². The van der Waals surface area contributed by atoms with Crippen molar-refractivity contribution < 1.29 is 5.11 Å². The van der Waals surface area contributed by atoms with E-state index >= 15 is 0 Å². The molecule has 76 valence electrons. The third-order valence-corrected chi connectivity index (χ3v) is 2.10. The minimum absolute atomic E-state index is 0.238. The number of hydrogen-bond donors (Lipinski definition) is 4. The van der Waals surface area contributed by atoms with Gasteiger partial charge in [-0.2, -0.15) is 0 Å². The maximum atomic E-state index is 10.1. The van der Waals surface area contributed by atoms with Crippen LogP contribution in [0, 0.1) is 5.41 Å². The van der Waals surface area contributed by atoms with Crippen molar-refractivity contribution >= 4 is 5.96 Å². The number of aliphatic hydroxyl groups is 1. The number of guanidine groups is 1. The summed E-state index contributed by atoms with van der Waals surface area (Å²) in [5, 5.41) is 19.8. The van der Waals surface area contributed by atoms with Crippen LogP contribution in [0.25, 0.3) is 0 Å². The van der Waals surface area contributed by atoms with Crippen LogP contribution >= 0.6 is 0 Å². The second kappa shape index (κ2) is 4.11. The fourth-order valence-corrected chi connectivity index (χ4v) is 1.30. The summed E-state index contributed by atoms with van der Waals surface area (Å²) < 4.78 is 0. The van der Waals surface area contributed by atoms with E-state index in [4.69, 9.17) is 11.1 Å². The van der Waals surface area contributed by atoms with Gasteiger partial charge in [-0.25, -0.2) is 0 Å². The highest BCUT2D eigenvalue weighted by Gasteiger charge is 2.26. The first-order chi connectivity index (χ1) is 6.58. The van der Waals surface area contributed by atoms with Gasteiger partial charge in [-0.3, -0.25) is 5.41 Å². The van der Waals surface area contributed by atoms with Gasteiger partial charge in [0.1, 0.15) is 0 Å². The molecule has 0 fully saturated rings. The molecule has 5 N–H and O–H groups in total. The van der Waals surface area contributed by atoms with Crippen LogP contribution in [0.15, 0.2) is 30.3 Å². The van der Waals surface area contributed by atoms with E-state index in [9.17, 15) is 5.11 Å². The van der Waals surface area contributed by atoms with E-state index in [2.05, 4.69) is 5.32 Å². The Balaban J connectivity index is 2.95. The first-order valence-electron chi connectivity index (χ1n) is 4.48. The first-order valence-corrected chi connectivity index (χ1v) is 4.48. The van der Waals surface area contributed by atoms with Gasteiger partial charge in [-0.15, -0.1) is 0 Å². The van der Waals surface area contributed by atoms with Gasteiger partial charge in [0.15, 0.2) is 11.7 Å². The second-order valence-electron chi connectivity index (χ2n) is 3.12. The summed E-state index contributed by atoms with van der Waals surface area (Å²) in [6.45, 7) is 1.82. The average molecular weight is 193 g/mol. The van der Waals surface area contributed by atoms with Crippen molar-refractivity contribution in [1.82, 2.24) is 5.32 Å². The molecule has 1 unspecified atom stereocenters. The Hall–Kier alpha value is -1.55. The Kier molecular flexibility index (Phi) is 3.09. The average Bonchev–Trinajstić information content (AvgIpc) is 2.18. The lowest BCUT2D eigenvalue weighted by Gasteiger charge is -2.28. The van der Waals surface area contributed by atoms with Gasteiger partial charge in [-0.05, 0) is 6.42 Å². The third kappa shape index (κ3) is 2.23. The molecule has 0 aliphatic heterocycles. The van der Waals surface area contributed by atoms with Crippen molar-refractivity contribution in [3.8, 4) is 0 Å². The lowest BCUT2D eigenvalue weighted by atomic mass is 10.0. The minimum atomic E-state index is -1.24. The number of benzene rings is 1. The van der Waals surface area contributed by atoms with E-state index in [1.54, 1.807) is 12.1 Å². The monoisotopic (exact) mass is 193 g/mol. The highest BCUT2D eigenvalue weighted by molar-refractivity contribution is 5.75. The fourth-order valence-electron chi connectivity index (χ4n) is 1.30. The minimum Gasteiger partial charge on any atom is -0.370 e. The molecule has 0 aliphatic carbocycles. The summed E-state index contributed by atoms with van der Waals surface area (Å²) in [4.78, 5) is 0. The molecule has 4 heteroatoms. The lowest BCUT2D eigenvalue weighted by Crippen LogP contribution is -2.48. The van der Waals surface area contributed by atoms with Crippen LogP contribution in [0.5, 0.6) is 0 Å². The Morgan fingerprint density at radius 3 is 2.50 bits per heavy atom. The summed E-state index contributed by atoms with van der Waals surface area (Å²) in [5.74, 6) is -0.238. The van der Waals surface area contributed by atoms with Gasteiger partial charge >= 0.3 is 0 Å². The molecule has 0 radical (unpaired) electrons. The predicted octanol–water partition coefficient (Wildman–Crippen LogP) is 0.725. The Labute approximate surface area is 83.3 Å². The maximum Gasteiger partial charge on any atom is 0.188 e. The zero-order chi connectivity index (χ0) is 10.6. The number of hydrogen-bond acceptors (Lipinski definition) is 2. The summed E-state index contributed by atoms with van der Waals surface area (Å²) >= 11 is 0. The van der Waals surface area contributed by atoms with Crippen molar-refractivity contribution in [2.24, 2.45) is 5.73 Å². The predicted molar refractivity (Wildman–Crippen MR) is 55.7 cm³/mol. The smallest absolute Gasteiger partial charge is 0.188 e. The molecule has 0 spiro atoms. The van der Waals surface area contributed by atoms with Crippen LogP contribution in [0.3, 0.4) is 0 Å². The van der Waals surface area contributed by atoms with Crippen LogP contribution in [0.2, 0.25) is 0 Å². The van der Waals surface area contributed by atoms with Gasteiger partial charge < -0.3 is 16.2 Å². The Morgan fingerprint density at radius 1 is 1.50 bits per heavy atom. The Morgan fingerprint density at radius 2 is 2.07 bits per heavy atom. The second-order valence-corrected chi connectivity index (χ2v) is 3.12. The lowest BCUT2D eigenvalue weighted by molar-refractivity contribution is 0.0159. The molecular formula is C10H15N3O. The third-order valence-electron chi connectivity index (χ3n) is 2.10. The fraction of sp³-hybridized carbons (Fsp3) is 0.300. The molecule has 1 aromatic carbocycles. The number of rotatable bonds is 3. The van der Waals surface area contributed by atoms with Crippen LogP contribution in [0.4, 0.5) is 0 Å². The highest BCUT2D eigenvalue weighted by atomic mass is 16.3. The standard InChI is InChI=1S/C10H15N3O/c1-2-10(14,13-9(11)12)8-6-4-3-5-7-8/h3-7,14H,2H2,1H3,(H4,11,12,13). The van der Waals surface area contributed by atoms with Crippen LogP contribution in [-0.4, -0.2) is 11.1 Å². The topological polar surface area (TPSA) is 82.1 Å². The molecule has 0 heterocycles. The van der Waals surface area contributed by atoms with Crippen LogP contribution in [0.1, 0.15) is 18.9 Å². The molecule has 0 aliphatic rings. The molecule has 14 heavy (non-hydrogen) atoms. The zero-order valence-electron chi connectivity index (χ0n) is 8.12. The molecule has 1 rings (SSSR count). The zero-order valence-corrected chi connectivity index (χ0v) is 8.12. The number of nitrogens with two attached hydrogens (primary N) is 1. The molecule has 0 saturated heterocycles. The van der Waals surface area contributed by atoms with Crippen LogP contribution < -0.4 is 11.1 Å². The normalized spacial score (nSPS) is 14.4. The summed E-state index contributed by atoms with van der Waals surface area (Å²) in [6.07, 6.45) is 0.441. The molecule has 1 atom stereocenters. The van der Waals surface area contributed by atoms with E-state index < -0.39 is 5.72 Å². The van der Waals surface area contributed by atoms with Gasteiger partial charge in [0.05, 0.1) is 0 Å². The van der Waals surface area contributed by atoms with E-state index in [-0.39, 0.29) is 5.96 Å². The SMILES string of the molecule is CCC(O)(NC(=N)N)c1ccccc1. The Bertz CT molecular complexity index is 312. The molecule has 4 nitrogen and oxygen atoms in total. The quantitative estimate of drug-likeness (QED) is 0.324. The first kappa shape index (κ1) is 10.5. The molecule has 0 amide bonds. The van der Waals surface area contributed by atoms with Crippen molar-refractivity contribution in [3.63, 3.8) is 0 Å². The van der Waals surface area contributed by atoms with E-state index in [0.29, 0.717) is 12.0 Å². The van der Waals surface area contributed by atoms with Crippen molar-refractivity contribution in [3.05, 3.63) is 35.9 Å². The van der Waals surface area contributed by atoms with Crippen molar-refractivity contribution in [1.29, 1.82) is 5.41 Å². The number of nitrogens with one attached hydrogen (secondary N) is 2. The maximum absolute atomic E-state index is 10.1. The van der Waals surface area contributed by atoms with Crippen LogP contribution in [-0.2, 0) is 5.72 Å². The van der Waals surface area contributed by atoms with E-state index in [1.165, 1.54) is 0 Å². The van der Waals surface area contributed by atoms with Crippen molar-refractivity contribution in [2.75, 3.05) is 0 Å². The molecule has 0 bridgehead atoms. The summed E-state index contributed by atoms with van der Waals surface area (Å²) in [5.41, 5.74) is 4.67. The van der Waals surface area contributed by atoms with E-state index in [1.807, 2.05) is 25.1 Å². The highest BCUT2D eigenvalue weighted by Crippen LogP contribution is 2.20. The van der Waals surface area contributed by atoms with Crippen molar-refractivity contribution in [2.45, 2.75) is 19.1 Å². The molecule has 1 aromatic rings. The molecule has 0 saturated carbocycles. The summed E-state index contributed by atoms with van der Waals surface area (Å²) in [7, 11) is 0. The van der Waals surface area contributed by atoms with Gasteiger partial charge in [0.25, 0.3) is 0 Å². The molecule has 0 aromatic heterocycles. The largest absolute Gasteiger partial charge is 0.370 e. The van der Waals surface area contributed by atoms with E-state index in [0.717, 1.165) is 0 Å².